The summed E-state index contributed by atoms with van der Waals surface area (Å²) in [5.41, 5.74) is -0.0527. The molecule has 1 aliphatic rings. The van der Waals surface area contributed by atoms with Crippen LogP contribution in [0.25, 0.3) is 0 Å². The van der Waals surface area contributed by atoms with Gasteiger partial charge in [-0.1, -0.05) is 0 Å². The second-order valence-corrected chi connectivity index (χ2v) is 9.55. The van der Waals surface area contributed by atoms with E-state index in [1.54, 1.807) is 13.8 Å². The number of sulfonamides is 1. The van der Waals surface area contributed by atoms with E-state index in [0.29, 0.717) is 36.9 Å². The zero-order valence-electron chi connectivity index (χ0n) is 15.6. The Bertz CT molecular complexity index is 784. The van der Waals surface area contributed by atoms with Gasteiger partial charge in [0.05, 0.1) is 10.8 Å². The molecule has 0 aromatic heterocycles. The fourth-order valence-electron chi connectivity index (χ4n) is 3.06. The van der Waals surface area contributed by atoms with Gasteiger partial charge in [-0.3, -0.25) is 4.79 Å². The predicted molar refractivity (Wildman–Crippen MR) is 97.7 cm³/mol. The summed E-state index contributed by atoms with van der Waals surface area (Å²) in [6.45, 7) is 4.73. The Morgan fingerprint density at radius 1 is 1.15 bits per heavy atom. The standard InChI is InChI=1S/C18H25F3N2O3S/c1-11(2)27(25,26)23-15-7-4-13(5-8-15)17(24)22-16-9-6-14(10-12(16)3)18(19,20)21/h6,9-11,13,15,23H,4-5,7-8H2,1-3H3,(H,22,24)/t13-,15-. The van der Waals surface area contributed by atoms with Crippen LogP contribution in [0.15, 0.2) is 18.2 Å². The van der Waals surface area contributed by atoms with Gasteiger partial charge in [0.25, 0.3) is 0 Å². The number of hydrogen-bond acceptors (Lipinski definition) is 3. The molecule has 152 valence electrons. The second kappa shape index (κ2) is 8.18. The molecule has 0 bridgehead atoms. The highest BCUT2D eigenvalue weighted by atomic mass is 32.2. The van der Waals surface area contributed by atoms with Crippen LogP contribution >= 0.6 is 0 Å². The van der Waals surface area contributed by atoms with Crippen molar-refractivity contribution in [2.45, 2.75) is 63.9 Å². The maximum absolute atomic E-state index is 12.7. The lowest BCUT2D eigenvalue weighted by Gasteiger charge is -2.29. The molecule has 1 saturated carbocycles. The SMILES string of the molecule is Cc1cc(C(F)(F)F)ccc1NC(=O)[C@H]1CC[C@H](NS(=O)(=O)C(C)C)CC1. The van der Waals surface area contributed by atoms with Crippen LogP contribution in [0.4, 0.5) is 18.9 Å². The van der Waals surface area contributed by atoms with Gasteiger partial charge < -0.3 is 5.32 Å². The quantitative estimate of drug-likeness (QED) is 0.780. The van der Waals surface area contributed by atoms with E-state index in [4.69, 9.17) is 0 Å². The van der Waals surface area contributed by atoms with Crippen LogP contribution in [0.3, 0.4) is 0 Å². The summed E-state index contributed by atoms with van der Waals surface area (Å²) in [4.78, 5) is 12.4. The van der Waals surface area contributed by atoms with Crippen LogP contribution in [-0.2, 0) is 21.0 Å². The van der Waals surface area contributed by atoms with Crippen LogP contribution in [0.5, 0.6) is 0 Å². The Morgan fingerprint density at radius 3 is 2.22 bits per heavy atom. The van der Waals surface area contributed by atoms with Crippen LogP contribution in [0.1, 0.15) is 50.7 Å². The third-order valence-corrected chi connectivity index (χ3v) is 6.76. The number of aryl methyl sites for hydroxylation is 1. The van der Waals surface area contributed by atoms with Crippen molar-refractivity contribution in [1.29, 1.82) is 0 Å². The van der Waals surface area contributed by atoms with E-state index in [2.05, 4.69) is 10.0 Å². The Kier molecular flexibility index (Phi) is 6.57. The topological polar surface area (TPSA) is 75.3 Å². The zero-order valence-corrected chi connectivity index (χ0v) is 16.4. The summed E-state index contributed by atoms with van der Waals surface area (Å²) in [5.74, 6) is -0.533. The van der Waals surface area contributed by atoms with Gasteiger partial charge in [0.2, 0.25) is 15.9 Å². The van der Waals surface area contributed by atoms with Crippen molar-refractivity contribution >= 4 is 21.6 Å². The van der Waals surface area contributed by atoms with E-state index in [0.717, 1.165) is 12.1 Å². The summed E-state index contributed by atoms with van der Waals surface area (Å²) in [7, 11) is -3.35. The minimum absolute atomic E-state index is 0.186. The highest BCUT2D eigenvalue weighted by Gasteiger charge is 2.32. The van der Waals surface area contributed by atoms with Crippen LogP contribution < -0.4 is 10.0 Å². The summed E-state index contributed by atoms with van der Waals surface area (Å²) in [6, 6.07) is 3.03. The molecule has 0 spiro atoms. The fraction of sp³-hybridized carbons (Fsp3) is 0.611. The van der Waals surface area contributed by atoms with Crippen molar-refractivity contribution in [2.75, 3.05) is 5.32 Å². The molecule has 1 amide bonds. The van der Waals surface area contributed by atoms with Crippen molar-refractivity contribution in [2.24, 2.45) is 5.92 Å². The van der Waals surface area contributed by atoms with E-state index >= 15 is 0 Å². The average molecular weight is 406 g/mol. The molecule has 0 aliphatic heterocycles. The molecule has 27 heavy (non-hydrogen) atoms. The number of amides is 1. The molecular formula is C18H25F3N2O3S. The molecule has 1 aromatic rings. The fourth-order valence-corrected chi connectivity index (χ4v) is 4.03. The molecule has 5 nitrogen and oxygen atoms in total. The van der Waals surface area contributed by atoms with Gasteiger partial charge in [-0.2, -0.15) is 13.2 Å². The molecule has 1 aromatic carbocycles. The first-order chi connectivity index (χ1) is 12.4. The summed E-state index contributed by atoms with van der Waals surface area (Å²) in [6.07, 6.45) is -2.27. The lowest BCUT2D eigenvalue weighted by atomic mass is 9.86. The highest BCUT2D eigenvalue weighted by molar-refractivity contribution is 7.90. The molecule has 2 rings (SSSR count). The second-order valence-electron chi connectivity index (χ2n) is 7.28. The monoisotopic (exact) mass is 406 g/mol. The Balaban J connectivity index is 1.93. The number of anilines is 1. The molecule has 0 heterocycles. The van der Waals surface area contributed by atoms with E-state index in [9.17, 15) is 26.4 Å². The van der Waals surface area contributed by atoms with Crippen molar-refractivity contribution < 1.29 is 26.4 Å². The zero-order chi connectivity index (χ0) is 20.4. The van der Waals surface area contributed by atoms with Gasteiger partial charge in [-0.25, -0.2) is 13.1 Å². The molecule has 2 N–H and O–H groups in total. The summed E-state index contributed by atoms with van der Waals surface area (Å²) in [5, 5.41) is 2.18. The summed E-state index contributed by atoms with van der Waals surface area (Å²) < 4.78 is 64.7. The number of carbonyl (C=O) groups is 1. The minimum Gasteiger partial charge on any atom is -0.326 e. The molecular weight excluding hydrogens is 381 g/mol. The van der Waals surface area contributed by atoms with Gasteiger partial charge in [-0.05, 0) is 70.2 Å². The van der Waals surface area contributed by atoms with Gasteiger partial charge in [0.15, 0.2) is 0 Å². The number of alkyl halides is 3. The number of hydrogen-bond donors (Lipinski definition) is 2. The van der Waals surface area contributed by atoms with E-state index in [1.807, 2.05) is 0 Å². The average Bonchev–Trinajstić information content (AvgIpc) is 2.55. The summed E-state index contributed by atoms with van der Waals surface area (Å²) >= 11 is 0. The number of carbonyl (C=O) groups excluding carboxylic acids is 1. The first-order valence-electron chi connectivity index (χ1n) is 8.90. The first-order valence-corrected chi connectivity index (χ1v) is 10.4. The lowest BCUT2D eigenvalue weighted by Crippen LogP contribution is -2.42. The van der Waals surface area contributed by atoms with Gasteiger partial charge in [0, 0.05) is 17.6 Å². The van der Waals surface area contributed by atoms with E-state index < -0.39 is 27.0 Å². The van der Waals surface area contributed by atoms with Crippen molar-refractivity contribution in [3.05, 3.63) is 29.3 Å². The molecule has 1 aliphatic carbocycles. The number of benzene rings is 1. The normalized spacial score (nSPS) is 21.3. The third kappa shape index (κ3) is 5.68. The Hall–Kier alpha value is -1.61. The van der Waals surface area contributed by atoms with Crippen molar-refractivity contribution in [1.82, 2.24) is 4.72 Å². The minimum atomic E-state index is -4.42. The van der Waals surface area contributed by atoms with E-state index in [-0.39, 0.29) is 17.9 Å². The number of rotatable bonds is 5. The van der Waals surface area contributed by atoms with E-state index in [1.165, 1.54) is 13.0 Å². The molecule has 1 fully saturated rings. The van der Waals surface area contributed by atoms with Gasteiger partial charge in [0.1, 0.15) is 0 Å². The Labute approximate surface area is 157 Å². The largest absolute Gasteiger partial charge is 0.416 e. The molecule has 0 radical (unpaired) electrons. The maximum atomic E-state index is 12.7. The third-order valence-electron chi connectivity index (χ3n) is 4.86. The number of halogens is 3. The van der Waals surface area contributed by atoms with Crippen LogP contribution in [0.2, 0.25) is 0 Å². The first kappa shape index (κ1) is 21.7. The molecule has 0 atom stereocenters. The molecule has 9 heteroatoms. The lowest BCUT2D eigenvalue weighted by molar-refractivity contribution is -0.137. The molecule has 0 saturated heterocycles. The Morgan fingerprint density at radius 2 is 1.74 bits per heavy atom. The van der Waals surface area contributed by atoms with Crippen LogP contribution in [0, 0.1) is 12.8 Å². The smallest absolute Gasteiger partial charge is 0.326 e. The van der Waals surface area contributed by atoms with Crippen molar-refractivity contribution in [3.8, 4) is 0 Å². The van der Waals surface area contributed by atoms with Gasteiger partial charge >= 0.3 is 6.18 Å². The van der Waals surface area contributed by atoms with Crippen LogP contribution in [-0.4, -0.2) is 25.6 Å². The maximum Gasteiger partial charge on any atom is 0.416 e. The van der Waals surface area contributed by atoms with Gasteiger partial charge in [-0.15, -0.1) is 0 Å². The molecule has 0 unspecified atom stereocenters. The highest BCUT2D eigenvalue weighted by Crippen LogP contribution is 2.32. The number of nitrogens with one attached hydrogen (secondary N) is 2. The van der Waals surface area contributed by atoms with Crippen molar-refractivity contribution in [3.63, 3.8) is 0 Å². The predicted octanol–water partition coefficient (Wildman–Crippen LogP) is 3.84.